The number of hydrogen-bond acceptors (Lipinski definition) is 3. The SMILES string of the molecule is Cc1cc(C)cc(N2C[C@@H](C(=O)N3CCN(c4cccc(C(F)(F)F)c4)CC3)CC2=O)c1. The van der Waals surface area contributed by atoms with E-state index < -0.39 is 17.7 Å². The Morgan fingerprint density at radius 2 is 1.59 bits per heavy atom. The molecule has 0 spiro atoms. The minimum absolute atomic E-state index is 0.0593. The van der Waals surface area contributed by atoms with Crippen LogP contribution in [0, 0.1) is 19.8 Å². The minimum Gasteiger partial charge on any atom is -0.368 e. The van der Waals surface area contributed by atoms with Gasteiger partial charge in [0.2, 0.25) is 11.8 Å². The maximum atomic E-state index is 13.1. The van der Waals surface area contributed by atoms with Crippen LogP contribution in [-0.4, -0.2) is 49.4 Å². The molecule has 8 heteroatoms. The summed E-state index contributed by atoms with van der Waals surface area (Å²) in [6.07, 6.45) is -4.20. The molecule has 0 aromatic heterocycles. The topological polar surface area (TPSA) is 43.9 Å². The lowest BCUT2D eigenvalue weighted by molar-refractivity contribution is -0.137. The molecule has 2 aromatic carbocycles. The fraction of sp³-hybridized carbons (Fsp3) is 0.417. The summed E-state index contributed by atoms with van der Waals surface area (Å²) in [5.74, 6) is -0.520. The Morgan fingerprint density at radius 1 is 0.938 bits per heavy atom. The number of alkyl halides is 3. The van der Waals surface area contributed by atoms with Crippen molar-refractivity contribution in [2.75, 3.05) is 42.5 Å². The van der Waals surface area contributed by atoms with E-state index in [1.54, 1.807) is 15.9 Å². The second-order valence-electron chi connectivity index (χ2n) is 8.61. The summed E-state index contributed by atoms with van der Waals surface area (Å²) in [5, 5.41) is 0. The number of aryl methyl sites for hydroxylation is 2. The molecule has 170 valence electrons. The predicted molar refractivity (Wildman–Crippen MR) is 117 cm³/mol. The summed E-state index contributed by atoms with van der Waals surface area (Å²) >= 11 is 0. The normalized spacial score (nSPS) is 19.6. The monoisotopic (exact) mass is 445 g/mol. The van der Waals surface area contributed by atoms with Gasteiger partial charge >= 0.3 is 6.18 Å². The first kappa shape index (κ1) is 22.2. The summed E-state index contributed by atoms with van der Waals surface area (Å²) in [6, 6.07) is 11.2. The average molecular weight is 445 g/mol. The molecule has 0 radical (unpaired) electrons. The molecule has 2 amide bonds. The standard InChI is InChI=1S/C24H26F3N3O2/c1-16-10-17(2)12-21(11-16)30-15-18(13-22(30)31)23(32)29-8-6-28(7-9-29)20-5-3-4-19(14-20)24(25,26)27/h3-5,10-12,14,18H,6-9,13,15H2,1-2H3/t18-/m0/s1. The molecule has 32 heavy (non-hydrogen) atoms. The fourth-order valence-corrected chi connectivity index (χ4v) is 4.55. The van der Waals surface area contributed by atoms with E-state index in [1.807, 2.05) is 36.9 Å². The van der Waals surface area contributed by atoms with Gasteiger partial charge in [0.15, 0.2) is 0 Å². The molecule has 4 rings (SSSR count). The first-order chi connectivity index (χ1) is 15.1. The maximum Gasteiger partial charge on any atom is 0.416 e. The lowest BCUT2D eigenvalue weighted by Crippen LogP contribution is -2.50. The van der Waals surface area contributed by atoms with Gasteiger partial charge in [-0.3, -0.25) is 9.59 Å². The lowest BCUT2D eigenvalue weighted by atomic mass is 10.1. The quantitative estimate of drug-likeness (QED) is 0.717. The summed E-state index contributed by atoms with van der Waals surface area (Å²) < 4.78 is 39.0. The largest absolute Gasteiger partial charge is 0.416 e. The van der Waals surface area contributed by atoms with Gasteiger partial charge in [-0.2, -0.15) is 13.2 Å². The number of benzene rings is 2. The molecule has 0 aliphatic carbocycles. The highest BCUT2D eigenvalue weighted by molar-refractivity contribution is 6.00. The summed E-state index contributed by atoms with van der Waals surface area (Å²) in [6.45, 7) is 6.05. The molecule has 0 N–H and O–H groups in total. The maximum absolute atomic E-state index is 13.1. The number of nitrogens with zero attached hydrogens (tertiary/aromatic N) is 3. The lowest BCUT2D eigenvalue weighted by Gasteiger charge is -2.37. The smallest absolute Gasteiger partial charge is 0.368 e. The molecule has 5 nitrogen and oxygen atoms in total. The van der Waals surface area contributed by atoms with Crippen molar-refractivity contribution in [1.82, 2.24) is 4.90 Å². The van der Waals surface area contributed by atoms with Gasteiger partial charge in [0.25, 0.3) is 0 Å². The van der Waals surface area contributed by atoms with Gasteiger partial charge < -0.3 is 14.7 Å². The van der Waals surface area contributed by atoms with Crippen LogP contribution in [0.5, 0.6) is 0 Å². The Kier molecular flexibility index (Phi) is 5.88. The highest BCUT2D eigenvalue weighted by Crippen LogP contribution is 2.32. The van der Waals surface area contributed by atoms with E-state index in [-0.39, 0.29) is 18.2 Å². The zero-order valence-corrected chi connectivity index (χ0v) is 18.2. The number of carbonyl (C=O) groups is 2. The first-order valence-corrected chi connectivity index (χ1v) is 10.7. The second kappa shape index (κ2) is 8.48. The van der Waals surface area contributed by atoms with Gasteiger partial charge in [-0.1, -0.05) is 12.1 Å². The summed E-state index contributed by atoms with van der Waals surface area (Å²) in [4.78, 5) is 30.9. The Labute approximate surface area is 185 Å². The van der Waals surface area contributed by atoms with E-state index in [9.17, 15) is 22.8 Å². The van der Waals surface area contributed by atoms with E-state index in [1.165, 1.54) is 6.07 Å². The molecule has 2 heterocycles. The van der Waals surface area contributed by atoms with E-state index in [0.29, 0.717) is 38.4 Å². The Morgan fingerprint density at radius 3 is 2.22 bits per heavy atom. The van der Waals surface area contributed by atoms with Crippen LogP contribution in [0.15, 0.2) is 42.5 Å². The number of carbonyl (C=O) groups excluding carboxylic acids is 2. The minimum atomic E-state index is -4.38. The van der Waals surface area contributed by atoms with E-state index in [4.69, 9.17) is 0 Å². The molecule has 2 saturated heterocycles. The average Bonchev–Trinajstić information content (AvgIpc) is 3.14. The van der Waals surface area contributed by atoms with Crippen LogP contribution in [0.3, 0.4) is 0 Å². The molecule has 2 fully saturated rings. The summed E-state index contributed by atoms with van der Waals surface area (Å²) in [7, 11) is 0. The first-order valence-electron chi connectivity index (χ1n) is 10.7. The summed E-state index contributed by atoms with van der Waals surface area (Å²) in [5.41, 5.74) is 2.77. The third kappa shape index (κ3) is 4.59. The van der Waals surface area contributed by atoms with E-state index in [0.717, 1.165) is 28.9 Å². The van der Waals surface area contributed by atoms with Crippen LogP contribution in [-0.2, 0) is 15.8 Å². The number of hydrogen-bond donors (Lipinski definition) is 0. The third-order valence-corrected chi connectivity index (χ3v) is 6.12. The van der Waals surface area contributed by atoms with E-state index >= 15 is 0 Å². The molecular formula is C24H26F3N3O2. The van der Waals surface area contributed by atoms with Crippen molar-refractivity contribution in [2.24, 2.45) is 5.92 Å². The van der Waals surface area contributed by atoms with Crippen molar-refractivity contribution in [3.63, 3.8) is 0 Å². The molecule has 0 unspecified atom stereocenters. The molecule has 2 aliphatic rings. The highest BCUT2D eigenvalue weighted by Gasteiger charge is 2.38. The number of rotatable bonds is 3. The van der Waals surface area contributed by atoms with Gasteiger partial charge in [0, 0.05) is 50.5 Å². The van der Waals surface area contributed by atoms with Crippen molar-refractivity contribution < 1.29 is 22.8 Å². The highest BCUT2D eigenvalue weighted by atomic mass is 19.4. The van der Waals surface area contributed by atoms with Gasteiger partial charge in [-0.15, -0.1) is 0 Å². The van der Waals surface area contributed by atoms with Crippen LogP contribution in [0.1, 0.15) is 23.1 Å². The van der Waals surface area contributed by atoms with Gasteiger partial charge in [0.05, 0.1) is 11.5 Å². The zero-order valence-electron chi connectivity index (χ0n) is 18.2. The van der Waals surface area contributed by atoms with E-state index in [2.05, 4.69) is 0 Å². The number of piperazine rings is 1. The molecule has 1 atom stereocenters. The van der Waals surface area contributed by atoms with Crippen LogP contribution >= 0.6 is 0 Å². The third-order valence-electron chi connectivity index (χ3n) is 6.12. The van der Waals surface area contributed by atoms with Crippen LogP contribution in [0.4, 0.5) is 24.5 Å². The zero-order chi connectivity index (χ0) is 23.0. The number of halogens is 3. The van der Waals surface area contributed by atoms with Crippen molar-refractivity contribution in [3.8, 4) is 0 Å². The van der Waals surface area contributed by atoms with Crippen LogP contribution < -0.4 is 9.80 Å². The molecule has 0 bridgehead atoms. The second-order valence-corrected chi connectivity index (χ2v) is 8.61. The molecule has 2 aromatic rings. The Bertz CT molecular complexity index is 1010. The van der Waals surface area contributed by atoms with Gasteiger partial charge in [-0.05, 0) is 55.3 Å². The number of amides is 2. The van der Waals surface area contributed by atoms with Crippen LogP contribution in [0.25, 0.3) is 0 Å². The predicted octanol–water partition coefficient (Wildman–Crippen LogP) is 4.02. The van der Waals surface area contributed by atoms with Crippen molar-refractivity contribution in [2.45, 2.75) is 26.4 Å². The Balaban J connectivity index is 1.38. The molecule has 2 aliphatic heterocycles. The van der Waals surface area contributed by atoms with Crippen molar-refractivity contribution >= 4 is 23.2 Å². The number of anilines is 2. The van der Waals surface area contributed by atoms with Crippen molar-refractivity contribution in [3.05, 3.63) is 59.2 Å². The van der Waals surface area contributed by atoms with Gasteiger partial charge in [-0.25, -0.2) is 0 Å². The van der Waals surface area contributed by atoms with Crippen molar-refractivity contribution in [1.29, 1.82) is 0 Å². The molecular weight excluding hydrogens is 419 g/mol. The Hall–Kier alpha value is -3.03. The fourth-order valence-electron chi connectivity index (χ4n) is 4.55. The molecule has 0 saturated carbocycles. The van der Waals surface area contributed by atoms with Crippen LogP contribution in [0.2, 0.25) is 0 Å². The van der Waals surface area contributed by atoms with Gasteiger partial charge in [0.1, 0.15) is 0 Å².